The first-order valence-corrected chi connectivity index (χ1v) is 6.29. The van der Waals surface area contributed by atoms with Gasteiger partial charge in [0, 0.05) is 19.0 Å². The van der Waals surface area contributed by atoms with Gasteiger partial charge in [-0.15, -0.1) is 0 Å². The molecule has 1 aliphatic carbocycles. The third-order valence-corrected chi connectivity index (χ3v) is 3.07. The number of esters is 1. The van der Waals surface area contributed by atoms with Gasteiger partial charge in [0.1, 0.15) is 5.76 Å². The minimum absolute atomic E-state index is 0.0651. The summed E-state index contributed by atoms with van der Waals surface area (Å²) < 4.78 is 4.87. The highest BCUT2D eigenvalue weighted by Crippen LogP contribution is 2.28. The molecule has 0 amide bonds. The van der Waals surface area contributed by atoms with Crippen LogP contribution in [0.4, 0.5) is 0 Å². The molecule has 1 N–H and O–H groups in total. The lowest BCUT2D eigenvalue weighted by molar-refractivity contribution is -0.135. The second-order valence-corrected chi connectivity index (χ2v) is 4.27. The number of carbonyl (C=O) groups excluding carboxylic acids is 2. The minimum atomic E-state index is -0.704. The summed E-state index contributed by atoms with van der Waals surface area (Å²) in [6.07, 6.45) is 0.133. The van der Waals surface area contributed by atoms with Crippen molar-refractivity contribution in [2.24, 2.45) is 4.99 Å². The molecule has 0 heterocycles. The standard InChI is InChI=1S/C15H15NO4/c1-3-20-15(19)13(16-2)12-11(17)8-9-6-4-5-7-10(9)14(12)18/h4-7,18H,3,8H2,1-2H3. The second-order valence-electron chi connectivity index (χ2n) is 4.27. The van der Waals surface area contributed by atoms with Crippen LogP contribution in [-0.4, -0.2) is 36.2 Å². The summed E-state index contributed by atoms with van der Waals surface area (Å²) >= 11 is 0. The Hall–Kier alpha value is -2.43. The lowest BCUT2D eigenvalue weighted by Crippen LogP contribution is -2.28. The molecule has 0 atom stereocenters. The number of nitrogens with zero attached hydrogens (tertiary/aromatic N) is 1. The zero-order valence-electron chi connectivity index (χ0n) is 11.3. The number of ketones is 1. The number of ether oxygens (including phenoxy) is 1. The Bertz CT molecular complexity index is 629. The summed E-state index contributed by atoms with van der Waals surface area (Å²) in [4.78, 5) is 27.8. The third-order valence-electron chi connectivity index (χ3n) is 3.07. The number of fused-ring (bicyclic) bond motifs is 1. The number of aliphatic imine (C=N–C) groups is 1. The van der Waals surface area contributed by atoms with Crippen molar-refractivity contribution in [3.05, 3.63) is 41.0 Å². The van der Waals surface area contributed by atoms with Crippen LogP contribution >= 0.6 is 0 Å². The third kappa shape index (κ3) is 2.34. The average Bonchev–Trinajstić information content (AvgIpc) is 2.43. The van der Waals surface area contributed by atoms with E-state index in [2.05, 4.69) is 4.99 Å². The normalized spacial score (nSPS) is 15.1. The zero-order valence-corrected chi connectivity index (χ0v) is 11.3. The summed E-state index contributed by atoms with van der Waals surface area (Å²) in [7, 11) is 1.39. The van der Waals surface area contributed by atoms with E-state index in [9.17, 15) is 14.7 Å². The van der Waals surface area contributed by atoms with Crippen LogP contribution in [0.15, 0.2) is 34.8 Å². The highest BCUT2D eigenvalue weighted by Gasteiger charge is 2.32. The van der Waals surface area contributed by atoms with Crippen LogP contribution in [0.25, 0.3) is 5.76 Å². The molecule has 0 fully saturated rings. The van der Waals surface area contributed by atoms with Crippen LogP contribution in [-0.2, 0) is 20.7 Å². The van der Waals surface area contributed by atoms with Crippen molar-refractivity contribution in [1.82, 2.24) is 0 Å². The van der Waals surface area contributed by atoms with Crippen LogP contribution in [0.2, 0.25) is 0 Å². The van der Waals surface area contributed by atoms with Gasteiger partial charge in [0.05, 0.1) is 12.2 Å². The predicted molar refractivity (Wildman–Crippen MR) is 74.7 cm³/mol. The first kappa shape index (κ1) is 14.0. The first-order valence-electron chi connectivity index (χ1n) is 6.29. The molecule has 0 unspecified atom stereocenters. The van der Waals surface area contributed by atoms with Crippen LogP contribution < -0.4 is 0 Å². The van der Waals surface area contributed by atoms with Gasteiger partial charge in [-0.1, -0.05) is 24.3 Å². The summed E-state index contributed by atoms with van der Waals surface area (Å²) in [5.41, 5.74) is 1.08. The van der Waals surface area contributed by atoms with Gasteiger partial charge >= 0.3 is 5.97 Å². The number of carbonyl (C=O) groups is 2. The van der Waals surface area contributed by atoms with Crippen molar-refractivity contribution >= 4 is 23.2 Å². The van der Waals surface area contributed by atoms with Gasteiger partial charge in [-0.2, -0.15) is 0 Å². The second kappa shape index (κ2) is 5.69. The summed E-state index contributed by atoms with van der Waals surface area (Å²) in [6, 6.07) is 7.03. The number of benzene rings is 1. The Morgan fingerprint density at radius 2 is 2.10 bits per heavy atom. The molecule has 0 radical (unpaired) electrons. The monoisotopic (exact) mass is 273 g/mol. The Balaban J connectivity index is 2.55. The van der Waals surface area contributed by atoms with Crippen molar-refractivity contribution in [3.63, 3.8) is 0 Å². The van der Waals surface area contributed by atoms with E-state index in [1.807, 2.05) is 0 Å². The minimum Gasteiger partial charge on any atom is -0.506 e. The number of hydrogen-bond donors (Lipinski definition) is 1. The van der Waals surface area contributed by atoms with E-state index in [4.69, 9.17) is 4.74 Å². The molecule has 0 aromatic heterocycles. The molecule has 0 spiro atoms. The average molecular weight is 273 g/mol. The molecule has 1 aromatic carbocycles. The number of rotatable bonds is 3. The zero-order chi connectivity index (χ0) is 14.7. The Morgan fingerprint density at radius 3 is 2.75 bits per heavy atom. The summed E-state index contributed by atoms with van der Waals surface area (Å²) in [5.74, 6) is -1.26. The molecular weight excluding hydrogens is 258 g/mol. The fourth-order valence-corrected chi connectivity index (χ4v) is 2.18. The summed E-state index contributed by atoms with van der Waals surface area (Å²) in [5, 5.41) is 10.3. The number of Topliss-reactive ketones (excluding diaryl/α,β-unsaturated/α-hetero) is 1. The van der Waals surface area contributed by atoms with E-state index in [0.29, 0.717) is 5.56 Å². The van der Waals surface area contributed by atoms with Gasteiger partial charge in [-0.05, 0) is 12.5 Å². The van der Waals surface area contributed by atoms with Crippen LogP contribution in [0.3, 0.4) is 0 Å². The molecule has 2 rings (SSSR count). The maximum absolute atomic E-state index is 12.2. The van der Waals surface area contributed by atoms with Crippen molar-refractivity contribution in [1.29, 1.82) is 0 Å². The topological polar surface area (TPSA) is 76.0 Å². The smallest absolute Gasteiger partial charge is 0.357 e. The molecule has 104 valence electrons. The molecule has 0 saturated carbocycles. The van der Waals surface area contributed by atoms with Gasteiger partial charge in [0.15, 0.2) is 11.5 Å². The first-order chi connectivity index (χ1) is 9.60. The molecular formula is C15H15NO4. The van der Waals surface area contributed by atoms with E-state index >= 15 is 0 Å². The van der Waals surface area contributed by atoms with Gasteiger partial charge in [0.25, 0.3) is 0 Å². The molecule has 0 saturated heterocycles. The lowest BCUT2D eigenvalue weighted by atomic mass is 9.87. The molecule has 0 aliphatic heterocycles. The highest BCUT2D eigenvalue weighted by molar-refractivity contribution is 6.51. The van der Waals surface area contributed by atoms with Crippen molar-refractivity contribution < 1.29 is 19.4 Å². The Labute approximate surface area is 116 Å². The lowest BCUT2D eigenvalue weighted by Gasteiger charge is -2.19. The molecule has 0 bridgehead atoms. The highest BCUT2D eigenvalue weighted by atomic mass is 16.5. The molecule has 5 nitrogen and oxygen atoms in total. The van der Waals surface area contributed by atoms with Crippen molar-refractivity contribution in [3.8, 4) is 0 Å². The number of aliphatic hydroxyl groups is 1. The maximum atomic E-state index is 12.2. The van der Waals surface area contributed by atoms with Crippen molar-refractivity contribution in [2.45, 2.75) is 13.3 Å². The van der Waals surface area contributed by atoms with Crippen LogP contribution in [0.5, 0.6) is 0 Å². The number of hydrogen-bond acceptors (Lipinski definition) is 5. The molecule has 1 aromatic rings. The van der Waals surface area contributed by atoms with Gasteiger partial charge in [-0.3, -0.25) is 9.79 Å². The fraction of sp³-hybridized carbons (Fsp3) is 0.267. The van der Waals surface area contributed by atoms with Gasteiger partial charge < -0.3 is 9.84 Å². The Morgan fingerprint density at radius 1 is 1.40 bits per heavy atom. The van der Waals surface area contributed by atoms with E-state index in [-0.39, 0.29) is 35.9 Å². The quantitative estimate of drug-likeness (QED) is 0.672. The van der Waals surface area contributed by atoms with Gasteiger partial charge in [0.2, 0.25) is 0 Å². The van der Waals surface area contributed by atoms with E-state index in [1.165, 1.54) is 7.05 Å². The molecule has 1 aliphatic rings. The molecule has 5 heteroatoms. The van der Waals surface area contributed by atoms with E-state index < -0.39 is 5.97 Å². The molecule has 20 heavy (non-hydrogen) atoms. The SMILES string of the molecule is CCOC(=O)C(=NC)C1=C(O)c2ccccc2CC1=O. The Kier molecular flexibility index (Phi) is 3.98. The summed E-state index contributed by atoms with van der Waals surface area (Å²) in [6.45, 7) is 1.84. The van der Waals surface area contributed by atoms with Crippen LogP contribution in [0.1, 0.15) is 18.1 Å². The largest absolute Gasteiger partial charge is 0.506 e. The van der Waals surface area contributed by atoms with E-state index in [0.717, 1.165) is 5.56 Å². The van der Waals surface area contributed by atoms with Crippen LogP contribution in [0, 0.1) is 0 Å². The maximum Gasteiger partial charge on any atom is 0.357 e. The van der Waals surface area contributed by atoms with Gasteiger partial charge in [-0.25, -0.2) is 4.79 Å². The fourth-order valence-electron chi connectivity index (χ4n) is 2.18. The van der Waals surface area contributed by atoms with Crippen molar-refractivity contribution in [2.75, 3.05) is 13.7 Å². The number of aliphatic hydroxyl groups excluding tert-OH is 1. The predicted octanol–water partition coefficient (Wildman–Crippen LogP) is 1.71. The van der Waals surface area contributed by atoms with E-state index in [1.54, 1.807) is 31.2 Å².